The summed E-state index contributed by atoms with van der Waals surface area (Å²) < 4.78 is 11.1. The first kappa shape index (κ1) is 22.9. The average Bonchev–Trinajstić information content (AvgIpc) is 2.84. The maximum atomic E-state index is 12.7. The molecule has 2 aliphatic heterocycles. The number of nitrogens with zero attached hydrogens (tertiary/aromatic N) is 4. The van der Waals surface area contributed by atoms with Crippen LogP contribution in [0.2, 0.25) is 0 Å². The van der Waals surface area contributed by atoms with Crippen molar-refractivity contribution < 1.29 is 19.1 Å². The molecular weight excluding hydrogens is 446 g/mol. The molecule has 1 amide bonds. The fraction of sp³-hybridized carbons (Fsp3) is 0.385. The minimum atomic E-state index is -0.512. The topological polar surface area (TPSA) is 96.9 Å². The Morgan fingerprint density at radius 3 is 2.51 bits per heavy atom. The number of anilines is 3. The second-order valence-electron chi connectivity index (χ2n) is 9.36. The van der Waals surface area contributed by atoms with Gasteiger partial charge in [0.25, 0.3) is 0 Å². The van der Waals surface area contributed by atoms with Gasteiger partial charge in [-0.05, 0) is 51.1 Å². The second-order valence-corrected chi connectivity index (χ2v) is 9.36. The molecule has 9 nitrogen and oxygen atoms in total. The maximum absolute atomic E-state index is 12.7. The molecule has 3 heterocycles. The molecule has 0 aliphatic carbocycles. The predicted molar refractivity (Wildman–Crippen MR) is 134 cm³/mol. The highest BCUT2D eigenvalue weighted by Gasteiger charge is 2.32. The van der Waals surface area contributed by atoms with Gasteiger partial charge in [-0.2, -0.15) is 0 Å². The summed E-state index contributed by atoms with van der Waals surface area (Å²) >= 11 is 0. The van der Waals surface area contributed by atoms with E-state index in [2.05, 4.69) is 10.2 Å². The van der Waals surface area contributed by atoms with Gasteiger partial charge in [-0.15, -0.1) is 0 Å². The predicted octanol–water partition coefficient (Wildman–Crippen LogP) is 4.40. The quantitative estimate of drug-likeness (QED) is 0.593. The number of ketones is 1. The third-order valence-electron chi connectivity index (χ3n) is 6.17. The number of benzene rings is 2. The van der Waals surface area contributed by atoms with Gasteiger partial charge in [0.1, 0.15) is 11.4 Å². The highest BCUT2D eigenvalue weighted by Crippen LogP contribution is 2.36. The number of Topliss-reactive ketones (excluding diaryl/α,β-unsaturated/α-hetero) is 1. The lowest BCUT2D eigenvalue weighted by Crippen LogP contribution is -2.49. The van der Waals surface area contributed by atoms with Gasteiger partial charge < -0.3 is 24.6 Å². The van der Waals surface area contributed by atoms with Crippen LogP contribution >= 0.6 is 0 Å². The number of hydrogen-bond donors (Lipinski definition) is 1. The van der Waals surface area contributed by atoms with Crippen molar-refractivity contribution in [1.82, 2.24) is 14.9 Å². The summed E-state index contributed by atoms with van der Waals surface area (Å²) in [5, 5.41) is 3.38. The van der Waals surface area contributed by atoms with Crippen molar-refractivity contribution in [1.29, 1.82) is 0 Å². The van der Waals surface area contributed by atoms with E-state index >= 15 is 0 Å². The number of ether oxygens (including phenoxy) is 2. The molecule has 182 valence electrons. The lowest BCUT2D eigenvalue weighted by atomic mass is 9.93. The molecule has 1 saturated heterocycles. The van der Waals surface area contributed by atoms with Crippen LogP contribution in [0.25, 0.3) is 11.0 Å². The number of carbonyl (C=O) groups is 2. The summed E-state index contributed by atoms with van der Waals surface area (Å²) in [6.07, 6.45) is 0.0362. The Bertz CT molecular complexity index is 1280. The average molecular weight is 476 g/mol. The molecule has 1 N–H and O–H groups in total. The SMILES string of the molecule is CCOC(=O)N1CCN(c2nc3ccccc3nc2Nc2ccc3c(c2)C(=O)CC(C)(C)O3)CC1. The number of aromatic nitrogens is 2. The van der Waals surface area contributed by atoms with Crippen LogP contribution in [0.4, 0.5) is 22.1 Å². The molecule has 0 unspecified atom stereocenters. The van der Waals surface area contributed by atoms with Crippen LogP contribution in [0, 0.1) is 0 Å². The van der Waals surface area contributed by atoms with Gasteiger partial charge in [-0.3, -0.25) is 4.79 Å². The summed E-state index contributed by atoms with van der Waals surface area (Å²) in [5.41, 5.74) is 2.34. The van der Waals surface area contributed by atoms with Gasteiger partial charge >= 0.3 is 6.09 Å². The Labute approximate surface area is 204 Å². The Kier molecular flexibility index (Phi) is 5.92. The molecule has 35 heavy (non-hydrogen) atoms. The van der Waals surface area contributed by atoms with E-state index in [-0.39, 0.29) is 11.9 Å². The molecule has 0 spiro atoms. The minimum absolute atomic E-state index is 0.0554. The van der Waals surface area contributed by atoms with Gasteiger partial charge in [-0.25, -0.2) is 14.8 Å². The van der Waals surface area contributed by atoms with Crippen molar-refractivity contribution in [2.45, 2.75) is 32.8 Å². The zero-order valence-corrected chi connectivity index (χ0v) is 20.2. The molecule has 3 aromatic rings. The molecule has 0 radical (unpaired) electrons. The Morgan fingerprint density at radius 2 is 1.80 bits per heavy atom. The first-order valence-corrected chi connectivity index (χ1v) is 11.9. The monoisotopic (exact) mass is 475 g/mol. The Hall–Kier alpha value is -3.88. The summed E-state index contributed by atoms with van der Waals surface area (Å²) in [6, 6.07) is 13.2. The van der Waals surface area contributed by atoms with Crippen LogP contribution in [0.15, 0.2) is 42.5 Å². The number of para-hydroxylation sites is 2. The third-order valence-corrected chi connectivity index (χ3v) is 6.17. The lowest BCUT2D eigenvalue weighted by Gasteiger charge is -2.35. The number of carbonyl (C=O) groups excluding carboxylic acids is 2. The Morgan fingerprint density at radius 1 is 1.09 bits per heavy atom. The number of piperazine rings is 1. The number of fused-ring (bicyclic) bond motifs is 2. The van der Waals surface area contributed by atoms with E-state index in [4.69, 9.17) is 19.4 Å². The molecule has 1 fully saturated rings. The summed E-state index contributed by atoms with van der Waals surface area (Å²) in [5.74, 6) is 1.95. The first-order chi connectivity index (χ1) is 16.8. The van der Waals surface area contributed by atoms with E-state index in [9.17, 15) is 9.59 Å². The highest BCUT2D eigenvalue weighted by molar-refractivity contribution is 6.01. The summed E-state index contributed by atoms with van der Waals surface area (Å²) in [6.45, 7) is 8.27. The van der Waals surface area contributed by atoms with E-state index in [1.54, 1.807) is 11.8 Å². The molecule has 5 rings (SSSR count). The second kappa shape index (κ2) is 9.05. The van der Waals surface area contributed by atoms with Crippen LogP contribution in [0.1, 0.15) is 37.6 Å². The fourth-order valence-electron chi connectivity index (χ4n) is 4.48. The van der Waals surface area contributed by atoms with Crippen molar-refractivity contribution in [3.63, 3.8) is 0 Å². The number of rotatable bonds is 4. The number of amides is 1. The van der Waals surface area contributed by atoms with Crippen molar-refractivity contribution in [2.75, 3.05) is 43.0 Å². The smallest absolute Gasteiger partial charge is 0.409 e. The van der Waals surface area contributed by atoms with Crippen LogP contribution in [-0.2, 0) is 4.74 Å². The Balaban J connectivity index is 1.45. The molecule has 0 atom stereocenters. The first-order valence-electron chi connectivity index (χ1n) is 11.9. The number of hydrogen-bond acceptors (Lipinski definition) is 8. The summed E-state index contributed by atoms with van der Waals surface area (Å²) in [7, 11) is 0. The van der Waals surface area contributed by atoms with Gasteiger partial charge in [-0.1, -0.05) is 12.1 Å². The van der Waals surface area contributed by atoms with E-state index in [0.29, 0.717) is 62.2 Å². The molecular formula is C26H29N5O4. The highest BCUT2D eigenvalue weighted by atomic mass is 16.6. The zero-order valence-electron chi connectivity index (χ0n) is 20.2. The number of nitrogens with one attached hydrogen (secondary N) is 1. The fourth-order valence-corrected chi connectivity index (χ4v) is 4.48. The molecule has 0 bridgehead atoms. The molecule has 9 heteroatoms. The van der Waals surface area contributed by atoms with Crippen LogP contribution in [-0.4, -0.2) is 65.1 Å². The lowest BCUT2D eigenvalue weighted by molar-refractivity contribution is 0.0620. The normalized spacial score (nSPS) is 17.1. The molecule has 2 aromatic carbocycles. The molecule has 2 aliphatic rings. The summed E-state index contributed by atoms with van der Waals surface area (Å²) in [4.78, 5) is 38.4. The van der Waals surface area contributed by atoms with Gasteiger partial charge in [0.15, 0.2) is 17.4 Å². The standard InChI is InChI=1S/C26H29N5O4/c1-4-34-25(33)31-13-11-30(12-14-31)24-23(28-19-7-5-6-8-20(19)29-24)27-17-9-10-22-18(15-17)21(32)16-26(2,3)35-22/h5-10,15H,4,11-14,16H2,1-3H3,(H,27,28). The van der Waals surface area contributed by atoms with Crippen LogP contribution < -0.4 is 15.0 Å². The molecule has 0 saturated carbocycles. The third kappa shape index (κ3) is 4.71. The van der Waals surface area contributed by atoms with E-state index in [1.807, 2.05) is 56.3 Å². The van der Waals surface area contributed by atoms with Crippen molar-refractivity contribution >= 4 is 40.2 Å². The van der Waals surface area contributed by atoms with Gasteiger partial charge in [0.2, 0.25) is 0 Å². The molecule has 1 aromatic heterocycles. The van der Waals surface area contributed by atoms with Crippen molar-refractivity contribution in [2.24, 2.45) is 0 Å². The van der Waals surface area contributed by atoms with Gasteiger partial charge in [0.05, 0.1) is 29.6 Å². The van der Waals surface area contributed by atoms with E-state index < -0.39 is 5.60 Å². The van der Waals surface area contributed by atoms with Crippen LogP contribution in [0.5, 0.6) is 5.75 Å². The largest absolute Gasteiger partial charge is 0.487 e. The van der Waals surface area contributed by atoms with E-state index in [0.717, 1.165) is 16.7 Å². The minimum Gasteiger partial charge on any atom is -0.487 e. The zero-order chi connectivity index (χ0) is 24.6. The maximum Gasteiger partial charge on any atom is 0.409 e. The van der Waals surface area contributed by atoms with Crippen molar-refractivity contribution in [3.8, 4) is 5.75 Å². The van der Waals surface area contributed by atoms with E-state index in [1.165, 1.54) is 0 Å². The van der Waals surface area contributed by atoms with Crippen molar-refractivity contribution in [3.05, 3.63) is 48.0 Å². The van der Waals surface area contributed by atoms with Crippen LogP contribution in [0.3, 0.4) is 0 Å². The van der Waals surface area contributed by atoms with Gasteiger partial charge in [0, 0.05) is 31.9 Å².